The van der Waals surface area contributed by atoms with Crippen LogP contribution >= 0.6 is 0 Å². The van der Waals surface area contributed by atoms with Gasteiger partial charge in [-0.05, 0) is 53.9 Å². The Morgan fingerprint density at radius 3 is 2.30 bits per heavy atom. The van der Waals surface area contributed by atoms with E-state index in [0.29, 0.717) is 24.4 Å². The summed E-state index contributed by atoms with van der Waals surface area (Å²) in [6.07, 6.45) is 2.85. The Morgan fingerprint density at radius 2 is 1.67 bits per heavy atom. The van der Waals surface area contributed by atoms with Crippen LogP contribution in [0.5, 0.6) is 5.75 Å². The van der Waals surface area contributed by atoms with Gasteiger partial charge in [0, 0.05) is 17.8 Å². The molecule has 0 aliphatic carbocycles. The molecule has 0 radical (unpaired) electrons. The third kappa shape index (κ3) is 5.78. The van der Waals surface area contributed by atoms with Gasteiger partial charge in [0.15, 0.2) is 0 Å². The van der Waals surface area contributed by atoms with Crippen molar-refractivity contribution >= 4 is 11.6 Å². The van der Waals surface area contributed by atoms with E-state index >= 15 is 0 Å². The number of ether oxygens (including phenoxy) is 1. The van der Waals surface area contributed by atoms with Crippen molar-refractivity contribution in [3.63, 3.8) is 0 Å². The second kappa shape index (κ2) is 10.0. The average Bonchev–Trinajstić information content (AvgIpc) is 2.73. The summed E-state index contributed by atoms with van der Waals surface area (Å²) in [4.78, 5) is 12.3. The van der Waals surface area contributed by atoms with Crippen LogP contribution in [0.25, 0.3) is 0 Å². The van der Waals surface area contributed by atoms with Crippen molar-refractivity contribution in [2.75, 3.05) is 18.9 Å². The second-order valence-corrected chi connectivity index (χ2v) is 9.23. The predicted molar refractivity (Wildman–Crippen MR) is 126 cm³/mol. The molecule has 3 N–H and O–H groups in total. The number of para-hydroxylation sites is 1. The number of benzene rings is 2. The van der Waals surface area contributed by atoms with E-state index in [0.717, 1.165) is 25.0 Å². The maximum atomic E-state index is 12.3. The van der Waals surface area contributed by atoms with Crippen LogP contribution in [-0.4, -0.2) is 19.1 Å². The van der Waals surface area contributed by atoms with Crippen molar-refractivity contribution < 1.29 is 9.53 Å². The highest BCUT2D eigenvalue weighted by Crippen LogP contribution is 2.38. The van der Waals surface area contributed by atoms with Crippen LogP contribution in [-0.2, 0) is 10.8 Å². The molecule has 0 saturated heterocycles. The van der Waals surface area contributed by atoms with Crippen molar-refractivity contribution in [3.05, 3.63) is 59.2 Å². The molecule has 4 nitrogen and oxygen atoms in total. The number of nitrogens with one attached hydrogen (secondary N) is 1. The van der Waals surface area contributed by atoms with Crippen LogP contribution in [0.15, 0.2) is 42.5 Å². The monoisotopic (exact) mass is 410 g/mol. The lowest BCUT2D eigenvalue weighted by atomic mass is 9.76. The first-order valence-electron chi connectivity index (χ1n) is 11.0. The van der Waals surface area contributed by atoms with Gasteiger partial charge in [-0.25, -0.2) is 0 Å². The molecule has 0 atom stereocenters. The van der Waals surface area contributed by atoms with Gasteiger partial charge in [-0.2, -0.15) is 0 Å². The number of hydrogen-bond acceptors (Lipinski definition) is 3. The fourth-order valence-electron chi connectivity index (χ4n) is 3.26. The fourth-order valence-corrected chi connectivity index (χ4v) is 3.26. The molecular formula is C26H38N2O2. The van der Waals surface area contributed by atoms with E-state index in [2.05, 4.69) is 65.1 Å². The maximum absolute atomic E-state index is 12.3. The molecule has 2 rings (SSSR count). The summed E-state index contributed by atoms with van der Waals surface area (Å²) in [5.41, 5.74) is 9.65. The SMILES string of the molecule is CCC(C)(C)c1ccc(OCCCNC(=O)c2ccccc2N)c(C(C)(C)CC)c1. The molecular weight excluding hydrogens is 372 g/mol. The number of amides is 1. The van der Waals surface area contributed by atoms with E-state index in [1.165, 1.54) is 11.1 Å². The molecule has 0 fully saturated rings. The van der Waals surface area contributed by atoms with E-state index in [1.807, 2.05) is 12.1 Å². The minimum absolute atomic E-state index is 0.0359. The first kappa shape index (κ1) is 23.8. The summed E-state index contributed by atoms with van der Waals surface area (Å²) >= 11 is 0. The first-order chi connectivity index (χ1) is 14.1. The van der Waals surface area contributed by atoms with Crippen LogP contribution in [0.3, 0.4) is 0 Å². The summed E-state index contributed by atoms with van der Waals surface area (Å²) in [6, 6.07) is 13.7. The van der Waals surface area contributed by atoms with Crippen molar-refractivity contribution in [1.82, 2.24) is 5.32 Å². The van der Waals surface area contributed by atoms with E-state index in [1.54, 1.807) is 12.1 Å². The minimum atomic E-state index is -0.146. The quantitative estimate of drug-likeness (QED) is 0.382. The van der Waals surface area contributed by atoms with Gasteiger partial charge in [0.2, 0.25) is 0 Å². The molecule has 164 valence electrons. The Bertz CT molecular complexity index is 856. The highest BCUT2D eigenvalue weighted by molar-refractivity contribution is 5.99. The zero-order valence-corrected chi connectivity index (χ0v) is 19.5. The highest BCUT2D eigenvalue weighted by atomic mass is 16.5. The van der Waals surface area contributed by atoms with Gasteiger partial charge >= 0.3 is 0 Å². The van der Waals surface area contributed by atoms with E-state index in [-0.39, 0.29) is 16.7 Å². The number of nitrogens with two attached hydrogens (primary N) is 1. The zero-order chi connectivity index (χ0) is 22.4. The molecule has 30 heavy (non-hydrogen) atoms. The van der Waals surface area contributed by atoms with Crippen molar-refractivity contribution in [1.29, 1.82) is 0 Å². The lowest BCUT2D eigenvalue weighted by molar-refractivity contribution is 0.0952. The topological polar surface area (TPSA) is 64.3 Å². The molecule has 0 aliphatic heterocycles. The van der Waals surface area contributed by atoms with Crippen LogP contribution in [0, 0.1) is 0 Å². The molecule has 1 amide bonds. The van der Waals surface area contributed by atoms with Crippen LogP contribution in [0.2, 0.25) is 0 Å². The molecule has 0 aromatic heterocycles. The lowest BCUT2D eigenvalue weighted by Gasteiger charge is -2.30. The molecule has 4 heteroatoms. The highest BCUT2D eigenvalue weighted by Gasteiger charge is 2.26. The van der Waals surface area contributed by atoms with Crippen LogP contribution in [0.4, 0.5) is 5.69 Å². The molecule has 0 bridgehead atoms. The standard InChI is InChI=1S/C26H38N2O2/c1-7-25(3,4)19-14-15-23(21(18-19)26(5,6)8-2)30-17-11-16-28-24(29)20-12-9-10-13-22(20)27/h9-10,12-15,18H,7-8,11,16-17,27H2,1-6H3,(H,28,29). The molecule has 0 spiro atoms. The number of carbonyl (C=O) groups excluding carboxylic acids is 1. The Labute approximate surface area is 182 Å². The third-order valence-corrected chi connectivity index (χ3v) is 6.33. The van der Waals surface area contributed by atoms with Gasteiger partial charge < -0.3 is 15.8 Å². The van der Waals surface area contributed by atoms with Gasteiger partial charge in [-0.3, -0.25) is 4.79 Å². The predicted octanol–water partition coefficient (Wildman–Crippen LogP) is 5.84. The molecule has 2 aromatic rings. The number of nitrogen functional groups attached to an aromatic ring is 1. The smallest absolute Gasteiger partial charge is 0.253 e. The maximum Gasteiger partial charge on any atom is 0.253 e. The Morgan fingerprint density at radius 1 is 1.00 bits per heavy atom. The Hall–Kier alpha value is -2.49. The normalized spacial score (nSPS) is 11.9. The number of carbonyl (C=O) groups is 1. The Kier molecular flexibility index (Phi) is 7.94. The van der Waals surface area contributed by atoms with E-state index in [9.17, 15) is 4.79 Å². The van der Waals surface area contributed by atoms with Gasteiger partial charge in [0.25, 0.3) is 5.91 Å². The average molecular weight is 411 g/mol. The van der Waals surface area contributed by atoms with Crippen molar-refractivity contribution in [3.8, 4) is 5.75 Å². The van der Waals surface area contributed by atoms with Crippen LogP contribution < -0.4 is 15.8 Å². The number of rotatable bonds is 10. The minimum Gasteiger partial charge on any atom is -0.493 e. The molecule has 0 saturated carbocycles. The van der Waals surface area contributed by atoms with Crippen molar-refractivity contribution in [2.45, 2.75) is 71.6 Å². The van der Waals surface area contributed by atoms with Crippen LogP contribution in [0.1, 0.15) is 82.3 Å². The first-order valence-corrected chi connectivity index (χ1v) is 11.0. The summed E-state index contributed by atoms with van der Waals surface area (Å²) in [5, 5.41) is 2.92. The number of hydrogen-bond donors (Lipinski definition) is 2. The van der Waals surface area contributed by atoms with Gasteiger partial charge in [0.1, 0.15) is 5.75 Å². The second-order valence-electron chi connectivity index (χ2n) is 9.23. The third-order valence-electron chi connectivity index (χ3n) is 6.33. The summed E-state index contributed by atoms with van der Waals surface area (Å²) in [6.45, 7) is 14.6. The zero-order valence-electron chi connectivity index (χ0n) is 19.5. The summed E-state index contributed by atoms with van der Waals surface area (Å²) in [7, 11) is 0. The van der Waals surface area contributed by atoms with Crippen molar-refractivity contribution in [2.24, 2.45) is 0 Å². The largest absolute Gasteiger partial charge is 0.493 e. The summed E-state index contributed by atoms with van der Waals surface area (Å²) in [5.74, 6) is 0.795. The molecule has 2 aromatic carbocycles. The van der Waals surface area contributed by atoms with Gasteiger partial charge in [0.05, 0.1) is 12.2 Å². The van der Waals surface area contributed by atoms with E-state index in [4.69, 9.17) is 10.5 Å². The Balaban J connectivity index is 2.01. The molecule has 0 heterocycles. The lowest BCUT2D eigenvalue weighted by Crippen LogP contribution is -2.26. The fraction of sp³-hybridized carbons (Fsp3) is 0.500. The molecule has 0 aliphatic rings. The van der Waals surface area contributed by atoms with Gasteiger partial charge in [-0.15, -0.1) is 0 Å². The van der Waals surface area contributed by atoms with E-state index < -0.39 is 0 Å². The number of anilines is 1. The summed E-state index contributed by atoms with van der Waals surface area (Å²) < 4.78 is 6.16. The van der Waals surface area contributed by atoms with Gasteiger partial charge in [-0.1, -0.05) is 65.8 Å². The molecule has 0 unspecified atom stereocenters.